The molecule has 1 aliphatic rings. The molecule has 112 valence electrons. The van der Waals surface area contributed by atoms with Gasteiger partial charge >= 0.3 is 18.1 Å². The predicted molar refractivity (Wildman–Crippen MR) is 56.2 cm³/mol. The summed E-state index contributed by atoms with van der Waals surface area (Å²) in [6.45, 7) is 3.31. The second-order valence-corrected chi connectivity index (χ2v) is 3.71. The molecule has 2 atom stereocenters. The van der Waals surface area contributed by atoms with Gasteiger partial charge in [-0.1, -0.05) is 0 Å². The molecule has 0 aromatic rings. The van der Waals surface area contributed by atoms with E-state index in [4.69, 9.17) is 9.90 Å². The Balaban J connectivity index is 0.000000399. The summed E-state index contributed by atoms with van der Waals surface area (Å²) in [7, 11) is 0. The molecule has 0 saturated carbocycles. The van der Waals surface area contributed by atoms with E-state index in [2.05, 4.69) is 10.1 Å². The fourth-order valence-corrected chi connectivity index (χ4v) is 1.34. The Morgan fingerprint density at radius 3 is 2.32 bits per heavy atom. The molecule has 1 heterocycles. The Hall–Kier alpha value is -1.38. The van der Waals surface area contributed by atoms with E-state index in [0.29, 0.717) is 6.54 Å². The first-order valence-electron chi connectivity index (χ1n) is 5.51. The van der Waals surface area contributed by atoms with Gasteiger partial charge in [-0.05, 0) is 19.9 Å². The third-order valence-electron chi connectivity index (χ3n) is 2.27. The lowest BCUT2D eigenvalue weighted by atomic mass is 10.0. The van der Waals surface area contributed by atoms with Gasteiger partial charge < -0.3 is 15.2 Å². The van der Waals surface area contributed by atoms with Crippen LogP contribution < -0.4 is 5.32 Å². The van der Waals surface area contributed by atoms with Crippen LogP contribution in [-0.4, -0.2) is 49.1 Å². The van der Waals surface area contributed by atoms with Crippen LogP contribution in [0.15, 0.2) is 0 Å². The molecule has 2 unspecified atom stereocenters. The average molecular weight is 289 g/mol. The number of halogens is 4. The minimum atomic E-state index is -5.08. The lowest BCUT2D eigenvalue weighted by Gasteiger charge is -2.12. The van der Waals surface area contributed by atoms with Crippen LogP contribution in [0.2, 0.25) is 0 Å². The van der Waals surface area contributed by atoms with Crippen molar-refractivity contribution in [3.05, 3.63) is 0 Å². The minimum Gasteiger partial charge on any atom is -0.475 e. The van der Waals surface area contributed by atoms with Crippen molar-refractivity contribution >= 4 is 11.9 Å². The number of carbonyl (C=O) groups is 2. The fourth-order valence-electron chi connectivity index (χ4n) is 1.34. The van der Waals surface area contributed by atoms with Crippen molar-refractivity contribution in [2.45, 2.75) is 25.7 Å². The summed E-state index contributed by atoms with van der Waals surface area (Å²) < 4.78 is 49.5. The van der Waals surface area contributed by atoms with Crippen LogP contribution in [0.4, 0.5) is 17.6 Å². The van der Waals surface area contributed by atoms with Crippen LogP contribution in [0, 0.1) is 5.92 Å². The first-order chi connectivity index (χ1) is 8.70. The van der Waals surface area contributed by atoms with E-state index >= 15 is 0 Å². The Kier molecular flexibility index (Phi) is 7.35. The maximum Gasteiger partial charge on any atom is 0.490 e. The summed E-state index contributed by atoms with van der Waals surface area (Å²) >= 11 is 0. The number of carboxylic acids is 1. The van der Waals surface area contributed by atoms with Gasteiger partial charge in [-0.2, -0.15) is 13.2 Å². The summed E-state index contributed by atoms with van der Waals surface area (Å²) in [5.74, 6) is -3.66. The summed E-state index contributed by atoms with van der Waals surface area (Å²) in [6.07, 6.45) is -5.81. The highest BCUT2D eigenvalue weighted by Gasteiger charge is 2.38. The third-order valence-corrected chi connectivity index (χ3v) is 2.27. The predicted octanol–water partition coefficient (Wildman–Crippen LogP) is 1.13. The van der Waals surface area contributed by atoms with Crippen molar-refractivity contribution < 1.29 is 37.0 Å². The molecule has 1 fully saturated rings. The van der Waals surface area contributed by atoms with Gasteiger partial charge in [0, 0.05) is 12.5 Å². The second-order valence-electron chi connectivity index (χ2n) is 3.71. The molecule has 0 spiro atoms. The molecule has 0 aromatic carbocycles. The summed E-state index contributed by atoms with van der Waals surface area (Å²) in [4.78, 5) is 19.8. The molecule has 0 aliphatic carbocycles. The van der Waals surface area contributed by atoms with Gasteiger partial charge in [0.05, 0.1) is 6.61 Å². The van der Waals surface area contributed by atoms with E-state index < -0.39 is 24.3 Å². The van der Waals surface area contributed by atoms with Gasteiger partial charge in [-0.25, -0.2) is 14.0 Å². The number of nitrogens with one attached hydrogen (secondary N) is 1. The number of esters is 1. The van der Waals surface area contributed by atoms with Gasteiger partial charge in [0.15, 0.2) is 0 Å². The normalized spacial score (nSPS) is 20.2. The molecule has 0 radical (unpaired) electrons. The maximum absolute atomic E-state index is 13.2. The van der Waals surface area contributed by atoms with E-state index in [1.54, 1.807) is 6.92 Å². The van der Waals surface area contributed by atoms with Crippen LogP contribution in [0.25, 0.3) is 0 Å². The van der Waals surface area contributed by atoms with Gasteiger partial charge in [0.25, 0.3) is 0 Å². The zero-order valence-corrected chi connectivity index (χ0v) is 10.2. The van der Waals surface area contributed by atoms with Gasteiger partial charge in [-0.3, -0.25) is 0 Å². The number of alkyl halides is 4. The highest BCUT2D eigenvalue weighted by molar-refractivity contribution is 5.75. The minimum absolute atomic E-state index is 0.191. The van der Waals surface area contributed by atoms with E-state index in [-0.39, 0.29) is 12.5 Å². The Bertz CT molecular complexity index is 302. The van der Waals surface area contributed by atoms with Crippen LogP contribution >= 0.6 is 0 Å². The highest BCUT2D eigenvalue weighted by Crippen LogP contribution is 2.16. The number of rotatable bonds is 3. The number of hydrogen-bond acceptors (Lipinski definition) is 4. The smallest absolute Gasteiger partial charge is 0.475 e. The van der Waals surface area contributed by atoms with E-state index in [0.717, 1.165) is 13.0 Å². The van der Waals surface area contributed by atoms with Crippen molar-refractivity contribution in [3.63, 3.8) is 0 Å². The van der Waals surface area contributed by atoms with Crippen LogP contribution in [-0.2, 0) is 14.3 Å². The largest absolute Gasteiger partial charge is 0.490 e. The van der Waals surface area contributed by atoms with Crippen molar-refractivity contribution in [2.75, 3.05) is 19.7 Å². The Morgan fingerprint density at radius 2 is 2.00 bits per heavy atom. The first kappa shape index (κ1) is 17.6. The van der Waals surface area contributed by atoms with Gasteiger partial charge in [0.1, 0.15) is 0 Å². The van der Waals surface area contributed by atoms with E-state index in [1.165, 1.54) is 0 Å². The molecule has 9 heteroatoms. The molecule has 1 rings (SSSR count). The lowest BCUT2D eigenvalue weighted by Crippen LogP contribution is -2.28. The van der Waals surface area contributed by atoms with Gasteiger partial charge in [-0.15, -0.1) is 0 Å². The molecule has 0 aromatic heterocycles. The molecule has 1 saturated heterocycles. The summed E-state index contributed by atoms with van der Waals surface area (Å²) in [5, 5.41) is 10.1. The topological polar surface area (TPSA) is 75.6 Å². The van der Waals surface area contributed by atoms with Crippen molar-refractivity contribution in [1.29, 1.82) is 0 Å². The highest BCUT2D eigenvalue weighted by atomic mass is 19.4. The molecular formula is C10H15F4NO4. The quantitative estimate of drug-likeness (QED) is 0.602. The monoisotopic (exact) mass is 289 g/mol. The molecule has 1 aliphatic heterocycles. The van der Waals surface area contributed by atoms with Crippen LogP contribution in [0.5, 0.6) is 0 Å². The summed E-state index contributed by atoms with van der Waals surface area (Å²) in [5.41, 5.74) is 0. The third kappa shape index (κ3) is 6.94. The second kappa shape index (κ2) is 7.93. The summed E-state index contributed by atoms with van der Waals surface area (Å²) in [6, 6.07) is 0. The van der Waals surface area contributed by atoms with Crippen LogP contribution in [0.1, 0.15) is 13.3 Å². The molecular weight excluding hydrogens is 274 g/mol. The average Bonchev–Trinajstić information content (AvgIpc) is 2.81. The van der Waals surface area contributed by atoms with Crippen LogP contribution in [0.3, 0.4) is 0 Å². The number of hydrogen-bond donors (Lipinski definition) is 2. The SMILES string of the molecule is CCOC(=O)C(F)C1CCNC1.O=C(O)C(F)(F)F. The lowest BCUT2D eigenvalue weighted by molar-refractivity contribution is -0.192. The van der Waals surface area contributed by atoms with Gasteiger partial charge in [0.2, 0.25) is 6.17 Å². The number of carboxylic acid groups (broad SMARTS) is 1. The number of ether oxygens (including phenoxy) is 1. The number of carbonyl (C=O) groups excluding carboxylic acids is 1. The Labute approximate surface area is 106 Å². The van der Waals surface area contributed by atoms with Crippen molar-refractivity contribution in [1.82, 2.24) is 5.32 Å². The first-order valence-corrected chi connectivity index (χ1v) is 5.51. The molecule has 5 nitrogen and oxygen atoms in total. The zero-order chi connectivity index (χ0) is 15.1. The fraction of sp³-hybridized carbons (Fsp3) is 0.800. The van der Waals surface area contributed by atoms with E-state index in [9.17, 15) is 22.4 Å². The Morgan fingerprint density at radius 1 is 1.47 bits per heavy atom. The maximum atomic E-state index is 13.2. The van der Waals surface area contributed by atoms with Crippen molar-refractivity contribution in [3.8, 4) is 0 Å². The number of aliphatic carboxylic acids is 1. The standard InChI is InChI=1S/C8H14FNO2.C2HF3O2/c1-2-12-8(11)7(9)6-3-4-10-5-6;3-2(4,5)1(6)7/h6-7,10H,2-5H2,1H3;(H,6,7). The van der Waals surface area contributed by atoms with E-state index in [1.807, 2.05) is 0 Å². The molecule has 0 bridgehead atoms. The zero-order valence-electron chi connectivity index (χ0n) is 10.2. The molecule has 2 N–H and O–H groups in total. The molecule has 19 heavy (non-hydrogen) atoms. The van der Waals surface area contributed by atoms with Crippen molar-refractivity contribution in [2.24, 2.45) is 5.92 Å². The molecule has 0 amide bonds.